The molecule has 0 aromatic carbocycles. The van der Waals surface area contributed by atoms with Crippen LogP contribution in [0, 0.1) is 5.41 Å². The minimum atomic E-state index is 0.500. The minimum absolute atomic E-state index is 0.500. The van der Waals surface area contributed by atoms with Gasteiger partial charge in [0.05, 0.1) is 0 Å². The summed E-state index contributed by atoms with van der Waals surface area (Å²) >= 11 is 0. The first-order chi connectivity index (χ1) is 3.11. The first-order valence-corrected chi connectivity index (χ1v) is 2.84. The van der Waals surface area contributed by atoms with Crippen molar-refractivity contribution in [2.24, 2.45) is 5.41 Å². The monoisotopic (exact) mass is 99.1 g/mol. The molecule has 1 unspecified atom stereocenters. The van der Waals surface area contributed by atoms with E-state index in [0.717, 1.165) is 6.04 Å². The topological polar surface area (TPSA) is 21.9 Å². The molecule has 1 aliphatic rings. The van der Waals surface area contributed by atoms with Crippen molar-refractivity contribution in [3.05, 3.63) is 0 Å². The highest BCUT2D eigenvalue weighted by Gasteiger charge is 2.32. The van der Waals surface area contributed by atoms with Crippen molar-refractivity contribution in [1.29, 1.82) is 0 Å². The molecule has 0 saturated carbocycles. The van der Waals surface area contributed by atoms with Gasteiger partial charge in [-0.3, -0.25) is 0 Å². The van der Waals surface area contributed by atoms with E-state index in [9.17, 15) is 0 Å². The van der Waals surface area contributed by atoms with Crippen molar-refractivity contribution < 1.29 is 0 Å². The van der Waals surface area contributed by atoms with E-state index in [1.807, 2.05) is 0 Å². The minimum Gasteiger partial charge on any atom is -0.311 e. The van der Waals surface area contributed by atoms with Crippen LogP contribution in [0.5, 0.6) is 0 Å². The molecule has 42 valence electrons. The van der Waals surface area contributed by atoms with Crippen LogP contribution >= 0.6 is 0 Å². The van der Waals surface area contributed by atoms with Crippen molar-refractivity contribution in [2.45, 2.75) is 26.8 Å². The van der Waals surface area contributed by atoms with Crippen LogP contribution in [0.2, 0.25) is 0 Å². The Labute approximate surface area is 45.1 Å². The van der Waals surface area contributed by atoms with Crippen LogP contribution in [0.25, 0.3) is 0 Å². The Bertz CT molecular complexity index is 66.7. The van der Waals surface area contributed by atoms with Gasteiger partial charge in [-0.25, -0.2) is 0 Å². The summed E-state index contributed by atoms with van der Waals surface area (Å²) < 4.78 is 0. The maximum absolute atomic E-state index is 3.27. The summed E-state index contributed by atoms with van der Waals surface area (Å²) in [4.78, 5) is 0. The molecule has 7 heavy (non-hydrogen) atoms. The van der Waals surface area contributed by atoms with Crippen molar-refractivity contribution in [2.75, 3.05) is 6.54 Å². The van der Waals surface area contributed by atoms with Gasteiger partial charge in [-0.15, -0.1) is 0 Å². The highest BCUT2D eigenvalue weighted by atomic mass is 15.1. The summed E-state index contributed by atoms with van der Waals surface area (Å²) in [6.07, 6.45) is 0. The predicted octanol–water partition coefficient (Wildman–Crippen LogP) is 1.00. The molecule has 1 N–H and O–H groups in total. The molecule has 1 fully saturated rings. The Morgan fingerprint density at radius 2 is 1.86 bits per heavy atom. The molecular formula is C6H13N. The van der Waals surface area contributed by atoms with E-state index in [0.29, 0.717) is 5.41 Å². The fraction of sp³-hybridized carbons (Fsp3) is 1.00. The maximum Gasteiger partial charge on any atom is 0.0241 e. The zero-order chi connectivity index (χ0) is 5.49. The van der Waals surface area contributed by atoms with Gasteiger partial charge < -0.3 is 5.32 Å². The lowest BCUT2D eigenvalue weighted by molar-refractivity contribution is 0.403. The lowest BCUT2D eigenvalue weighted by atomic mass is 9.92. The summed E-state index contributed by atoms with van der Waals surface area (Å²) in [5, 5.41) is 3.27. The molecule has 0 spiro atoms. The normalized spacial score (nSPS) is 30.4. The van der Waals surface area contributed by atoms with Gasteiger partial charge in [0.15, 0.2) is 0 Å². The van der Waals surface area contributed by atoms with Gasteiger partial charge in [0.25, 0.3) is 0 Å². The molecule has 0 aromatic heterocycles. The zero-order valence-corrected chi connectivity index (χ0v) is 5.28. The second-order valence-electron chi connectivity index (χ2n) is 3.33. The van der Waals surface area contributed by atoms with Crippen LogP contribution in [0.15, 0.2) is 0 Å². The molecule has 1 nitrogen and oxygen atoms in total. The van der Waals surface area contributed by atoms with Gasteiger partial charge in [-0.2, -0.15) is 0 Å². The van der Waals surface area contributed by atoms with Crippen LogP contribution in [0.4, 0.5) is 0 Å². The zero-order valence-electron chi connectivity index (χ0n) is 5.28. The van der Waals surface area contributed by atoms with Gasteiger partial charge >= 0.3 is 0 Å². The molecule has 0 aliphatic carbocycles. The largest absolute Gasteiger partial charge is 0.311 e. The molecule has 1 saturated heterocycles. The second kappa shape index (κ2) is 1.22. The highest BCUT2D eigenvalue weighted by Crippen LogP contribution is 2.24. The van der Waals surface area contributed by atoms with Gasteiger partial charge in [0, 0.05) is 12.6 Å². The second-order valence-corrected chi connectivity index (χ2v) is 3.33. The van der Waals surface area contributed by atoms with Crippen LogP contribution < -0.4 is 5.32 Å². The number of nitrogens with one attached hydrogen (secondary N) is 1. The molecule has 0 radical (unpaired) electrons. The summed E-state index contributed by atoms with van der Waals surface area (Å²) in [5.41, 5.74) is 0.500. The van der Waals surface area contributed by atoms with E-state index in [-0.39, 0.29) is 0 Å². The van der Waals surface area contributed by atoms with Gasteiger partial charge in [-0.05, 0) is 5.41 Å². The van der Waals surface area contributed by atoms with Gasteiger partial charge in [0.2, 0.25) is 0 Å². The quantitative estimate of drug-likeness (QED) is 0.450. The Kier molecular flexibility index (Phi) is 0.890. The Morgan fingerprint density at radius 3 is 1.86 bits per heavy atom. The number of hydrogen-bond acceptors (Lipinski definition) is 1. The summed E-state index contributed by atoms with van der Waals surface area (Å²) in [7, 11) is 0. The third kappa shape index (κ3) is 1.16. The third-order valence-corrected chi connectivity index (χ3v) is 1.45. The lowest BCUT2D eigenvalue weighted by Gasteiger charge is -2.14. The van der Waals surface area contributed by atoms with E-state index < -0.39 is 0 Å². The van der Waals surface area contributed by atoms with Crippen LogP contribution in [0.3, 0.4) is 0 Å². The molecule has 1 heterocycles. The van der Waals surface area contributed by atoms with Gasteiger partial charge in [-0.1, -0.05) is 20.8 Å². The van der Waals surface area contributed by atoms with E-state index in [1.54, 1.807) is 0 Å². The van der Waals surface area contributed by atoms with E-state index in [4.69, 9.17) is 0 Å². The first kappa shape index (κ1) is 5.10. The fourth-order valence-corrected chi connectivity index (χ4v) is 0.671. The average molecular weight is 99.2 g/mol. The smallest absolute Gasteiger partial charge is 0.0241 e. The molecule has 1 heteroatoms. The van der Waals surface area contributed by atoms with E-state index in [1.165, 1.54) is 6.54 Å². The molecular weight excluding hydrogens is 86.1 g/mol. The average Bonchev–Trinajstić information content (AvgIpc) is 1.99. The maximum atomic E-state index is 3.27. The number of rotatable bonds is 0. The standard InChI is InChI=1S/C6H13N/c1-6(2,3)5-4-7-5/h5,7H,4H2,1-3H3. The lowest BCUT2D eigenvalue weighted by Crippen LogP contribution is -2.15. The SMILES string of the molecule is CC(C)(C)C1CN1. The van der Waals surface area contributed by atoms with Crippen molar-refractivity contribution in [3.63, 3.8) is 0 Å². The highest BCUT2D eigenvalue weighted by molar-refractivity contribution is 4.93. The molecule has 1 atom stereocenters. The predicted molar refractivity (Wildman–Crippen MR) is 31.2 cm³/mol. The van der Waals surface area contributed by atoms with E-state index in [2.05, 4.69) is 26.1 Å². The van der Waals surface area contributed by atoms with Crippen LogP contribution in [-0.4, -0.2) is 12.6 Å². The Morgan fingerprint density at radius 1 is 1.43 bits per heavy atom. The third-order valence-electron chi connectivity index (χ3n) is 1.45. The summed E-state index contributed by atoms with van der Waals surface area (Å²) in [5.74, 6) is 0. The van der Waals surface area contributed by atoms with Gasteiger partial charge in [0.1, 0.15) is 0 Å². The molecule has 1 aliphatic heterocycles. The van der Waals surface area contributed by atoms with Crippen LogP contribution in [-0.2, 0) is 0 Å². The number of hydrogen-bond donors (Lipinski definition) is 1. The molecule has 0 aromatic rings. The Hall–Kier alpha value is -0.0400. The van der Waals surface area contributed by atoms with Crippen LogP contribution in [0.1, 0.15) is 20.8 Å². The molecule has 0 amide bonds. The first-order valence-electron chi connectivity index (χ1n) is 2.84. The van der Waals surface area contributed by atoms with Crippen molar-refractivity contribution in [3.8, 4) is 0 Å². The molecule has 0 bridgehead atoms. The van der Waals surface area contributed by atoms with Crippen molar-refractivity contribution >= 4 is 0 Å². The molecule has 1 rings (SSSR count). The van der Waals surface area contributed by atoms with Crippen molar-refractivity contribution in [1.82, 2.24) is 5.32 Å². The summed E-state index contributed by atoms with van der Waals surface area (Å²) in [6.45, 7) is 8.01. The Balaban J connectivity index is 2.36. The fourth-order valence-electron chi connectivity index (χ4n) is 0.671. The van der Waals surface area contributed by atoms with E-state index >= 15 is 0 Å². The summed E-state index contributed by atoms with van der Waals surface area (Å²) in [6, 6.07) is 0.799.